The molecule has 0 aliphatic carbocycles. The minimum Gasteiger partial charge on any atom is -0.207 e. The molecule has 1 aromatic rings. The van der Waals surface area contributed by atoms with Gasteiger partial charge >= 0.3 is 0 Å². The zero-order valence-corrected chi connectivity index (χ0v) is 10.7. The van der Waals surface area contributed by atoms with Crippen molar-refractivity contribution >= 4 is 6.08 Å². The molecule has 0 spiro atoms. The third kappa shape index (κ3) is 3.65. The van der Waals surface area contributed by atoms with Crippen LogP contribution in [0.4, 0.5) is 4.39 Å². The largest absolute Gasteiger partial charge is 0.207 e. The highest BCUT2D eigenvalue weighted by atomic mass is 19.1. The lowest BCUT2D eigenvalue weighted by Crippen LogP contribution is -1.94. The molecule has 1 aromatic carbocycles. The number of hydrogen-bond acceptors (Lipinski definition) is 0. The average Bonchev–Trinajstić information content (AvgIpc) is 2.32. The molecule has 0 unspecified atom stereocenters. The van der Waals surface area contributed by atoms with Gasteiger partial charge in [0.2, 0.25) is 0 Å². The van der Waals surface area contributed by atoms with Gasteiger partial charge in [0.25, 0.3) is 0 Å². The molecule has 0 radical (unpaired) electrons. The number of allylic oxidation sites excluding steroid dienone is 2. The number of hydrogen-bond donors (Lipinski definition) is 0. The van der Waals surface area contributed by atoms with Crippen molar-refractivity contribution in [1.82, 2.24) is 0 Å². The Morgan fingerprint density at radius 2 is 1.94 bits per heavy atom. The molecule has 0 aromatic heterocycles. The maximum Gasteiger partial charge on any atom is 0.127 e. The van der Waals surface area contributed by atoms with E-state index in [4.69, 9.17) is 0 Å². The molecule has 0 heterocycles. The van der Waals surface area contributed by atoms with Crippen LogP contribution in [-0.2, 0) is 6.42 Å². The smallest absolute Gasteiger partial charge is 0.127 e. The molecule has 88 valence electrons. The standard InChI is InChI=1S/C13H15F.C2H6/c1-4-6-7-12-10(3)8-9-13(14)11(12)5-2;1-2/h4,6-9H,1,5H2,2-3H3;1-2H3/b7-6-;. The van der Waals surface area contributed by atoms with Gasteiger partial charge in [-0.05, 0) is 36.1 Å². The van der Waals surface area contributed by atoms with Crippen LogP contribution in [0.5, 0.6) is 0 Å². The van der Waals surface area contributed by atoms with Gasteiger partial charge in [-0.1, -0.05) is 51.6 Å². The van der Waals surface area contributed by atoms with Crippen molar-refractivity contribution in [3.63, 3.8) is 0 Å². The quantitative estimate of drug-likeness (QED) is 0.634. The second-order valence-electron chi connectivity index (χ2n) is 3.20. The fourth-order valence-corrected chi connectivity index (χ4v) is 1.51. The van der Waals surface area contributed by atoms with E-state index in [1.54, 1.807) is 12.1 Å². The van der Waals surface area contributed by atoms with Crippen molar-refractivity contribution in [2.24, 2.45) is 0 Å². The highest BCUT2D eigenvalue weighted by molar-refractivity contribution is 5.59. The van der Waals surface area contributed by atoms with E-state index in [0.717, 1.165) is 16.7 Å². The minimum absolute atomic E-state index is 0.123. The first-order valence-corrected chi connectivity index (χ1v) is 5.77. The molecular formula is C15H21F. The molecule has 1 heteroatoms. The van der Waals surface area contributed by atoms with E-state index in [2.05, 4.69) is 6.58 Å². The first-order valence-electron chi connectivity index (χ1n) is 5.77. The summed E-state index contributed by atoms with van der Waals surface area (Å²) < 4.78 is 13.4. The molecule has 0 fully saturated rings. The van der Waals surface area contributed by atoms with Crippen LogP contribution in [0.25, 0.3) is 6.08 Å². The van der Waals surface area contributed by atoms with Crippen LogP contribution in [0.15, 0.2) is 30.9 Å². The zero-order valence-electron chi connectivity index (χ0n) is 10.7. The average molecular weight is 220 g/mol. The van der Waals surface area contributed by atoms with Gasteiger partial charge in [-0.2, -0.15) is 0 Å². The van der Waals surface area contributed by atoms with Crippen molar-refractivity contribution in [1.29, 1.82) is 0 Å². The molecule has 0 aliphatic heterocycles. The molecule has 0 atom stereocenters. The van der Waals surface area contributed by atoms with E-state index in [0.29, 0.717) is 6.42 Å². The predicted octanol–water partition coefficient (Wildman–Crippen LogP) is 4.92. The molecule has 0 aliphatic rings. The highest BCUT2D eigenvalue weighted by Crippen LogP contribution is 2.20. The van der Waals surface area contributed by atoms with E-state index in [9.17, 15) is 4.39 Å². The SMILES string of the molecule is C=C/C=C\c1c(C)ccc(F)c1CC.CC. The van der Waals surface area contributed by atoms with Gasteiger partial charge in [-0.15, -0.1) is 0 Å². The van der Waals surface area contributed by atoms with Gasteiger partial charge in [0, 0.05) is 0 Å². The zero-order chi connectivity index (χ0) is 12.6. The maximum atomic E-state index is 13.4. The molecule has 0 amide bonds. The number of rotatable bonds is 3. The van der Waals surface area contributed by atoms with E-state index in [-0.39, 0.29) is 5.82 Å². The lowest BCUT2D eigenvalue weighted by Gasteiger charge is -2.08. The Bertz CT molecular complexity index is 362. The Hall–Kier alpha value is -1.37. The second-order valence-corrected chi connectivity index (χ2v) is 3.20. The second kappa shape index (κ2) is 7.86. The van der Waals surface area contributed by atoms with Crippen LogP contribution < -0.4 is 0 Å². The normalized spacial score (nSPS) is 9.81. The predicted molar refractivity (Wildman–Crippen MR) is 71.1 cm³/mol. The summed E-state index contributed by atoms with van der Waals surface area (Å²) in [5.41, 5.74) is 2.86. The Kier molecular flexibility index (Phi) is 7.19. The lowest BCUT2D eigenvalue weighted by atomic mass is 9.99. The van der Waals surface area contributed by atoms with Gasteiger partial charge in [0.05, 0.1) is 0 Å². The molecular weight excluding hydrogens is 199 g/mol. The third-order valence-corrected chi connectivity index (χ3v) is 2.27. The lowest BCUT2D eigenvalue weighted by molar-refractivity contribution is 0.611. The van der Waals surface area contributed by atoms with E-state index < -0.39 is 0 Å². The van der Waals surface area contributed by atoms with Gasteiger partial charge in [-0.3, -0.25) is 0 Å². The Morgan fingerprint density at radius 3 is 2.44 bits per heavy atom. The summed E-state index contributed by atoms with van der Waals surface area (Å²) in [6, 6.07) is 3.33. The van der Waals surface area contributed by atoms with Crippen LogP contribution >= 0.6 is 0 Å². The minimum atomic E-state index is -0.123. The number of halogens is 1. The van der Waals surface area contributed by atoms with Gasteiger partial charge in [0.15, 0.2) is 0 Å². The highest BCUT2D eigenvalue weighted by Gasteiger charge is 2.06. The van der Waals surface area contributed by atoms with Crippen LogP contribution in [0.2, 0.25) is 0 Å². The summed E-state index contributed by atoms with van der Waals surface area (Å²) in [4.78, 5) is 0. The fourth-order valence-electron chi connectivity index (χ4n) is 1.51. The summed E-state index contributed by atoms with van der Waals surface area (Å²) in [6.45, 7) is 11.6. The van der Waals surface area contributed by atoms with Crippen molar-refractivity contribution in [2.75, 3.05) is 0 Å². The van der Waals surface area contributed by atoms with Crippen LogP contribution in [0, 0.1) is 12.7 Å². The van der Waals surface area contributed by atoms with Crippen molar-refractivity contribution in [3.05, 3.63) is 53.4 Å². The van der Waals surface area contributed by atoms with Crippen LogP contribution in [0.3, 0.4) is 0 Å². The molecule has 16 heavy (non-hydrogen) atoms. The van der Waals surface area contributed by atoms with Crippen molar-refractivity contribution in [2.45, 2.75) is 34.1 Å². The third-order valence-electron chi connectivity index (χ3n) is 2.27. The summed E-state index contributed by atoms with van der Waals surface area (Å²) in [5, 5.41) is 0. The van der Waals surface area contributed by atoms with Crippen molar-refractivity contribution in [3.8, 4) is 0 Å². The van der Waals surface area contributed by atoms with Crippen molar-refractivity contribution < 1.29 is 4.39 Å². The van der Waals surface area contributed by atoms with E-state index in [1.807, 2.05) is 39.8 Å². The molecule has 0 N–H and O–H groups in total. The van der Waals surface area contributed by atoms with E-state index >= 15 is 0 Å². The molecule has 0 saturated carbocycles. The Labute approximate surface area is 98.5 Å². The van der Waals surface area contributed by atoms with Gasteiger partial charge in [0.1, 0.15) is 5.82 Å². The first-order chi connectivity index (χ1) is 7.70. The monoisotopic (exact) mass is 220 g/mol. The van der Waals surface area contributed by atoms with Gasteiger partial charge < -0.3 is 0 Å². The Balaban J connectivity index is 0.00000106. The summed E-state index contributed by atoms with van der Waals surface area (Å²) in [5.74, 6) is -0.123. The topological polar surface area (TPSA) is 0 Å². The first kappa shape index (κ1) is 14.6. The molecule has 0 saturated heterocycles. The van der Waals surface area contributed by atoms with Crippen LogP contribution in [0.1, 0.15) is 37.5 Å². The fraction of sp³-hybridized carbons (Fsp3) is 0.333. The van der Waals surface area contributed by atoms with E-state index in [1.165, 1.54) is 6.07 Å². The molecule has 1 rings (SSSR count). The maximum absolute atomic E-state index is 13.4. The number of benzene rings is 1. The summed E-state index contributed by atoms with van der Waals surface area (Å²) in [7, 11) is 0. The number of aryl methyl sites for hydroxylation is 1. The molecule has 0 nitrogen and oxygen atoms in total. The summed E-state index contributed by atoms with van der Waals surface area (Å²) in [6.07, 6.45) is 6.15. The van der Waals surface area contributed by atoms with Gasteiger partial charge in [-0.25, -0.2) is 4.39 Å². The summed E-state index contributed by atoms with van der Waals surface area (Å²) >= 11 is 0. The molecule has 0 bridgehead atoms. The Morgan fingerprint density at radius 1 is 1.31 bits per heavy atom. The van der Waals surface area contributed by atoms with Crippen LogP contribution in [-0.4, -0.2) is 0 Å².